The highest BCUT2D eigenvalue weighted by Crippen LogP contribution is 2.33. The van der Waals surface area contributed by atoms with E-state index < -0.39 is 6.61 Å². The van der Waals surface area contributed by atoms with E-state index in [-0.39, 0.29) is 17.4 Å². The summed E-state index contributed by atoms with van der Waals surface area (Å²) >= 11 is 0. The number of carbonyl (C=O) groups excluding carboxylic acids is 1. The van der Waals surface area contributed by atoms with Crippen molar-refractivity contribution in [1.29, 1.82) is 0 Å². The van der Waals surface area contributed by atoms with E-state index in [1.807, 2.05) is 24.3 Å². The van der Waals surface area contributed by atoms with Crippen molar-refractivity contribution in [3.8, 4) is 11.5 Å². The number of hydrogen-bond acceptors (Lipinski definition) is 3. The van der Waals surface area contributed by atoms with Crippen LogP contribution in [0.15, 0.2) is 48.5 Å². The van der Waals surface area contributed by atoms with Crippen LogP contribution in [0.3, 0.4) is 0 Å². The molecule has 2 aromatic rings. The summed E-state index contributed by atoms with van der Waals surface area (Å²) in [6, 6.07) is 12.6. The van der Waals surface area contributed by atoms with Crippen molar-refractivity contribution in [1.82, 2.24) is 5.32 Å². The lowest BCUT2D eigenvalue weighted by atomic mass is 10.1. The van der Waals surface area contributed by atoms with Gasteiger partial charge >= 0.3 is 6.61 Å². The quantitative estimate of drug-likeness (QED) is 0.645. The number of nitrogens with one attached hydrogen (secondary N) is 2. The molecule has 0 spiro atoms. The Morgan fingerprint density at radius 3 is 2.50 bits per heavy atom. The summed E-state index contributed by atoms with van der Waals surface area (Å²) in [5, 5.41) is 2.82. The van der Waals surface area contributed by atoms with Crippen LogP contribution in [-0.4, -0.2) is 33.7 Å². The first-order valence-electron chi connectivity index (χ1n) is 8.84. The van der Waals surface area contributed by atoms with E-state index in [2.05, 4.69) is 24.1 Å². The molecule has 0 saturated carbocycles. The smallest absolute Gasteiger partial charge is 0.387 e. The summed E-state index contributed by atoms with van der Waals surface area (Å²) in [6.45, 7) is -1.77. The van der Waals surface area contributed by atoms with Crippen LogP contribution in [0.2, 0.25) is 0 Å². The zero-order chi connectivity index (χ0) is 20.5. The summed E-state index contributed by atoms with van der Waals surface area (Å²) in [4.78, 5) is 13.5. The fourth-order valence-corrected chi connectivity index (χ4v) is 2.73. The van der Waals surface area contributed by atoms with Crippen molar-refractivity contribution in [2.75, 3.05) is 21.2 Å². The Morgan fingerprint density at radius 2 is 1.86 bits per heavy atom. The molecule has 0 fully saturated rings. The zero-order valence-corrected chi connectivity index (χ0v) is 16.2. The minimum Gasteiger partial charge on any atom is -0.493 e. The second-order valence-corrected chi connectivity index (χ2v) is 6.46. The minimum atomic E-state index is -2.99. The molecule has 0 bridgehead atoms. The van der Waals surface area contributed by atoms with Gasteiger partial charge < -0.3 is 19.7 Å². The van der Waals surface area contributed by atoms with Crippen molar-refractivity contribution in [2.45, 2.75) is 19.7 Å². The van der Waals surface area contributed by atoms with Crippen molar-refractivity contribution in [3.05, 3.63) is 65.2 Å². The Balaban J connectivity index is 2.07. The van der Waals surface area contributed by atoms with Crippen LogP contribution in [0.25, 0.3) is 6.08 Å². The molecule has 5 nitrogen and oxygen atoms in total. The third-order valence-corrected chi connectivity index (χ3v) is 3.97. The summed E-state index contributed by atoms with van der Waals surface area (Å²) < 4.78 is 34.9. The molecular formula is C21H25F2N2O3+. The minimum absolute atomic E-state index is 0.108. The second-order valence-electron chi connectivity index (χ2n) is 6.46. The Hall–Kier alpha value is -2.93. The number of carbonyl (C=O) groups is 1. The molecule has 0 unspecified atom stereocenters. The monoisotopic (exact) mass is 391 g/mol. The maximum absolute atomic E-state index is 12.7. The molecule has 1 amide bonds. The van der Waals surface area contributed by atoms with E-state index in [9.17, 15) is 13.6 Å². The highest BCUT2D eigenvalue weighted by Gasteiger charge is 2.14. The van der Waals surface area contributed by atoms with Crippen LogP contribution >= 0.6 is 0 Å². The topological polar surface area (TPSA) is 52.0 Å². The molecule has 2 rings (SSSR count). The number of ether oxygens (including phenoxy) is 2. The molecule has 0 aliphatic heterocycles. The van der Waals surface area contributed by atoms with Gasteiger partial charge in [0.05, 0.1) is 21.2 Å². The molecule has 2 aromatic carbocycles. The number of amides is 1. The summed E-state index contributed by atoms with van der Waals surface area (Å²) in [7, 11) is 5.48. The highest BCUT2D eigenvalue weighted by atomic mass is 19.3. The summed E-state index contributed by atoms with van der Waals surface area (Å²) in [6.07, 6.45) is 2.71. The summed E-state index contributed by atoms with van der Waals surface area (Å²) in [5.74, 6) is -0.274. The highest BCUT2D eigenvalue weighted by molar-refractivity contribution is 5.92. The molecule has 0 saturated heterocycles. The molecule has 28 heavy (non-hydrogen) atoms. The molecule has 150 valence electrons. The van der Waals surface area contributed by atoms with Gasteiger partial charge in [0.15, 0.2) is 11.5 Å². The van der Waals surface area contributed by atoms with E-state index in [4.69, 9.17) is 4.74 Å². The molecule has 7 heteroatoms. The fourth-order valence-electron chi connectivity index (χ4n) is 2.73. The molecule has 2 N–H and O–H groups in total. The van der Waals surface area contributed by atoms with Gasteiger partial charge in [-0.2, -0.15) is 8.78 Å². The Bertz CT molecular complexity index is 823. The predicted molar refractivity (Wildman–Crippen MR) is 103 cm³/mol. The number of quaternary nitrogens is 1. The first kappa shape index (κ1) is 21.4. The predicted octanol–water partition coefficient (Wildman–Crippen LogP) is 2.27. The molecule has 0 aromatic heterocycles. The van der Waals surface area contributed by atoms with Gasteiger partial charge in [0.25, 0.3) is 0 Å². The standard InChI is InChI=1S/C21H24F2N2O3/c1-25(2)14-17-8-5-4-7-16(17)13-24-19(26)12-11-15-9-6-10-18(27-3)20(15)28-21(22)23/h4-12,21H,13-14H2,1-3H3,(H,24,26)/p+1/b12-11+. The van der Waals surface area contributed by atoms with Gasteiger partial charge in [-0.25, -0.2) is 0 Å². The molecular weight excluding hydrogens is 366 g/mol. The van der Waals surface area contributed by atoms with Crippen molar-refractivity contribution in [2.24, 2.45) is 0 Å². The SMILES string of the molecule is COc1cccc(/C=C/C(=O)NCc2ccccc2C[NH+](C)C)c1OC(F)F. The van der Waals surface area contributed by atoms with Crippen molar-refractivity contribution < 1.29 is 27.9 Å². The zero-order valence-electron chi connectivity index (χ0n) is 16.2. The van der Waals surface area contributed by atoms with Gasteiger partial charge in [-0.3, -0.25) is 4.79 Å². The van der Waals surface area contributed by atoms with Crippen LogP contribution < -0.4 is 19.7 Å². The van der Waals surface area contributed by atoms with Gasteiger partial charge in [0, 0.05) is 23.7 Å². The molecule has 0 aliphatic rings. The second kappa shape index (κ2) is 10.4. The Kier molecular flexibility index (Phi) is 7.95. The largest absolute Gasteiger partial charge is 0.493 e. The van der Waals surface area contributed by atoms with Crippen LogP contribution in [0.4, 0.5) is 8.78 Å². The lowest BCUT2D eigenvalue weighted by molar-refractivity contribution is -0.872. The average Bonchev–Trinajstić information content (AvgIpc) is 2.65. The lowest BCUT2D eigenvalue weighted by Crippen LogP contribution is -3.04. The van der Waals surface area contributed by atoms with E-state index >= 15 is 0 Å². The van der Waals surface area contributed by atoms with Crippen molar-refractivity contribution >= 4 is 12.0 Å². The van der Waals surface area contributed by atoms with Crippen LogP contribution in [0.1, 0.15) is 16.7 Å². The number of methoxy groups -OCH3 is 1. The van der Waals surface area contributed by atoms with Gasteiger partial charge in [-0.15, -0.1) is 0 Å². The van der Waals surface area contributed by atoms with Gasteiger partial charge in [-0.1, -0.05) is 36.4 Å². The number of rotatable bonds is 9. The van der Waals surface area contributed by atoms with Gasteiger partial charge in [-0.05, 0) is 17.7 Å². The van der Waals surface area contributed by atoms with Gasteiger partial charge in [0.1, 0.15) is 6.54 Å². The van der Waals surface area contributed by atoms with E-state index in [0.717, 1.165) is 17.7 Å². The molecule has 0 atom stereocenters. The lowest BCUT2D eigenvalue weighted by Gasteiger charge is -2.13. The normalized spacial score (nSPS) is 11.2. The van der Waals surface area contributed by atoms with Crippen molar-refractivity contribution in [3.63, 3.8) is 0 Å². The summed E-state index contributed by atoms with van der Waals surface area (Å²) in [5.41, 5.74) is 2.52. The van der Waals surface area contributed by atoms with Crippen LogP contribution in [0, 0.1) is 0 Å². The molecule has 0 aliphatic carbocycles. The maximum Gasteiger partial charge on any atom is 0.387 e. The fraction of sp³-hybridized carbons (Fsp3) is 0.286. The maximum atomic E-state index is 12.7. The molecule has 0 heterocycles. The number of halogens is 2. The van der Waals surface area contributed by atoms with E-state index in [1.54, 1.807) is 12.1 Å². The third kappa shape index (κ3) is 6.35. The number of hydrogen-bond donors (Lipinski definition) is 2. The Labute approximate surface area is 163 Å². The third-order valence-electron chi connectivity index (χ3n) is 3.97. The van der Waals surface area contributed by atoms with Gasteiger partial charge in [0.2, 0.25) is 5.91 Å². The first-order valence-corrected chi connectivity index (χ1v) is 8.84. The number of benzene rings is 2. The van der Waals surface area contributed by atoms with Crippen LogP contribution in [0.5, 0.6) is 11.5 Å². The van der Waals surface area contributed by atoms with Crippen LogP contribution in [-0.2, 0) is 17.9 Å². The van der Waals surface area contributed by atoms with E-state index in [1.165, 1.54) is 30.2 Å². The number of alkyl halides is 2. The average molecular weight is 391 g/mol. The Morgan fingerprint density at radius 1 is 1.14 bits per heavy atom. The number of para-hydroxylation sites is 1. The molecule has 0 radical (unpaired) electrons. The van der Waals surface area contributed by atoms with E-state index in [0.29, 0.717) is 12.1 Å². The first-order chi connectivity index (χ1) is 13.4.